The maximum atomic E-state index is 14.1. The van der Waals surface area contributed by atoms with Gasteiger partial charge in [-0.3, -0.25) is 4.79 Å². The Morgan fingerprint density at radius 3 is 2.47 bits per heavy atom. The Labute approximate surface area is 224 Å². The van der Waals surface area contributed by atoms with Crippen LogP contribution in [0.5, 0.6) is 11.5 Å². The molecule has 1 heterocycles. The molecule has 0 spiro atoms. The standard InChI is InChI=1S/C28H25N3O5S2/c1-3-36-21-13-11-20(12-14-21)29-27(32)18-31(28-30-24-16-15-22(35-2)17-25(24)37-28)38(33,34)26-10-6-8-19-7-4-5-9-23(19)26/h4-17H,3,18H2,1-2H3,(H,29,32). The SMILES string of the molecule is CCOc1ccc(NC(=O)CN(c2nc3ccc(OC)cc3s2)S(=O)(=O)c2cccc3ccccc23)cc1. The molecule has 5 rings (SSSR count). The Kier molecular flexibility index (Phi) is 7.17. The molecule has 0 unspecified atom stereocenters. The number of anilines is 2. The lowest BCUT2D eigenvalue weighted by Crippen LogP contribution is -2.38. The van der Waals surface area contributed by atoms with Crippen molar-refractivity contribution >= 4 is 59.1 Å². The summed E-state index contributed by atoms with van der Waals surface area (Å²) in [7, 11) is -2.62. The number of methoxy groups -OCH3 is 1. The predicted molar refractivity (Wildman–Crippen MR) is 151 cm³/mol. The molecule has 0 aliphatic rings. The molecule has 4 aromatic carbocycles. The second-order valence-corrected chi connectivity index (χ2v) is 11.2. The quantitative estimate of drug-likeness (QED) is 0.255. The molecule has 1 aromatic heterocycles. The maximum Gasteiger partial charge on any atom is 0.267 e. The first kappa shape index (κ1) is 25.5. The van der Waals surface area contributed by atoms with Gasteiger partial charge >= 0.3 is 0 Å². The Morgan fingerprint density at radius 1 is 0.974 bits per heavy atom. The summed E-state index contributed by atoms with van der Waals surface area (Å²) >= 11 is 1.18. The number of fused-ring (bicyclic) bond motifs is 2. The molecule has 1 N–H and O–H groups in total. The van der Waals surface area contributed by atoms with Crippen LogP contribution in [-0.4, -0.2) is 39.6 Å². The highest BCUT2D eigenvalue weighted by molar-refractivity contribution is 7.93. The van der Waals surface area contributed by atoms with Gasteiger partial charge in [0.15, 0.2) is 0 Å². The fraction of sp³-hybridized carbons (Fsp3) is 0.143. The highest BCUT2D eigenvalue weighted by Crippen LogP contribution is 2.35. The zero-order valence-corrected chi connectivity index (χ0v) is 22.4. The van der Waals surface area contributed by atoms with Crippen LogP contribution < -0.4 is 19.1 Å². The van der Waals surface area contributed by atoms with Crippen molar-refractivity contribution in [2.45, 2.75) is 11.8 Å². The molecule has 0 saturated heterocycles. The summed E-state index contributed by atoms with van der Waals surface area (Å²) in [5.41, 5.74) is 1.13. The fourth-order valence-electron chi connectivity index (χ4n) is 4.05. The van der Waals surface area contributed by atoms with Gasteiger partial charge < -0.3 is 14.8 Å². The van der Waals surface area contributed by atoms with Crippen LogP contribution in [0.3, 0.4) is 0 Å². The van der Waals surface area contributed by atoms with Crippen molar-refractivity contribution in [3.63, 3.8) is 0 Å². The van der Waals surface area contributed by atoms with Crippen molar-refractivity contribution in [2.75, 3.05) is 29.9 Å². The number of carbonyl (C=O) groups is 1. The average molecular weight is 548 g/mol. The molecule has 0 radical (unpaired) electrons. The number of ether oxygens (including phenoxy) is 2. The molecule has 38 heavy (non-hydrogen) atoms. The van der Waals surface area contributed by atoms with Crippen molar-refractivity contribution in [3.8, 4) is 11.5 Å². The van der Waals surface area contributed by atoms with Crippen LogP contribution in [0.4, 0.5) is 10.8 Å². The molecule has 0 aliphatic carbocycles. The minimum absolute atomic E-state index is 0.0984. The summed E-state index contributed by atoms with van der Waals surface area (Å²) < 4.78 is 40.8. The minimum atomic E-state index is -4.18. The molecule has 8 nitrogen and oxygen atoms in total. The van der Waals surface area contributed by atoms with Crippen molar-refractivity contribution in [1.82, 2.24) is 4.98 Å². The molecule has 0 bridgehead atoms. The molecule has 0 aliphatic heterocycles. The molecule has 10 heteroatoms. The third kappa shape index (κ3) is 5.13. The lowest BCUT2D eigenvalue weighted by atomic mass is 10.1. The van der Waals surface area contributed by atoms with Crippen LogP contribution in [0, 0.1) is 0 Å². The number of hydrogen-bond acceptors (Lipinski definition) is 7. The van der Waals surface area contributed by atoms with Gasteiger partial charge in [-0.1, -0.05) is 47.7 Å². The van der Waals surface area contributed by atoms with E-state index in [9.17, 15) is 13.2 Å². The Hall–Kier alpha value is -4.15. The largest absolute Gasteiger partial charge is 0.497 e. The van der Waals surface area contributed by atoms with Crippen molar-refractivity contribution < 1.29 is 22.7 Å². The van der Waals surface area contributed by atoms with Crippen LogP contribution in [0.25, 0.3) is 21.0 Å². The van der Waals surface area contributed by atoms with Gasteiger partial charge in [0.1, 0.15) is 18.0 Å². The van der Waals surface area contributed by atoms with E-state index < -0.39 is 22.5 Å². The van der Waals surface area contributed by atoms with Crippen LogP contribution in [0.15, 0.2) is 89.8 Å². The van der Waals surface area contributed by atoms with Gasteiger partial charge in [-0.05, 0) is 60.8 Å². The number of amides is 1. The number of rotatable bonds is 9. The number of benzene rings is 4. The molecule has 194 valence electrons. The average Bonchev–Trinajstić information content (AvgIpc) is 3.35. The monoisotopic (exact) mass is 547 g/mol. The molecule has 0 fully saturated rings. The van der Waals surface area contributed by atoms with Gasteiger partial charge in [0, 0.05) is 11.1 Å². The number of nitrogens with one attached hydrogen (secondary N) is 1. The van der Waals surface area contributed by atoms with Gasteiger partial charge in [-0.25, -0.2) is 17.7 Å². The maximum absolute atomic E-state index is 14.1. The Bertz CT molecular complexity index is 1710. The van der Waals surface area contributed by atoms with E-state index in [4.69, 9.17) is 9.47 Å². The number of carbonyl (C=O) groups excluding carboxylic acids is 1. The van der Waals surface area contributed by atoms with Gasteiger partial charge in [0.2, 0.25) is 11.0 Å². The summed E-state index contributed by atoms with van der Waals surface area (Å²) in [4.78, 5) is 17.8. The third-order valence-corrected chi connectivity index (χ3v) is 8.80. The van der Waals surface area contributed by atoms with Crippen LogP contribution in [-0.2, 0) is 14.8 Å². The van der Waals surface area contributed by atoms with Gasteiger partial charge in [-0.15, -0.1) is 0 Å². The summed E-state index contributed by atoms with van der Waals surface area (Å²) in [6, 6.07) is 24.5. The zero-order valence-electron chi connectivity index (χ0n) is 20.7. The van der Waals surface area contributed by atoms with E-state index in [2.05, 4.69) is 10.3 Å². The number of sulfonamides is 1. The van der Waals surface area contributed by atoms with Gasteiger partial charge in [0.25, 0.3) is 10.0 Å². The van der Waals surface area contributed by atoms with E-state index in [0.29, 0.717) is 34.7 Å². The first-order valence-corrected chi connectivity index (χ1v) is 14.1. The van der Waals surface area contributed by atoms with E-state index in [1.807, 2.05) is 25.1 Å². The fourth-order valence-corrected chi connectivity index (χ4v) is 6.85. The number of nitrogens with zero attached hydrogens (tertiary/aromatic N) is 2. The second kappa shape index (κ2) is 10.7. The molecular formula is C28H25N3O5S2. The highest BCUT2D eigenvalue weighted by Gasteiger charge is 2.31. The van der Waals surface area contributed by atoms with E-state index >= 15 is 0 Å². The molecule has 1 amide bonds. The molecular weight excluding hydrogens is 522 g/mol. The van der Waals surface area contributed by atoms with Crippen LogP contribution in [0.2, 0.25) is 0 Å². The van der Waals surface area contributed by atoms with Crippen molar-refractivity contribution in [2.24, 2.45) is 0 Å². The molecule has 0 atom stereocenters. The van der Waals surface area contributed by atoms with Crippen molar-refractivity contribution in [1.29, 1.82) is 0 Å². The topological polar surface area (TPSA) is 97.8 Å². The Balaban J connectivity index is 1.54. The summed E-state index contributed by atoms with van der Waals surface area (Å²) in [6.07, 6.45) is 0. The zero-order chi connectivity index (χ0) is 26.7. The lowest BCUT2D eigenvalue weighted by Gasteiger charge is -2.22. The van der Waals surface area contributed by atoms with Crippen LogP contribution in [0.1, 0.15) is 6.92 Å². The minimum Gasteiger partial charge on any atom is -0.497 e. The highest BCUT2D eigenvalue weighted by atomic mass is 32.2. The predicted octanol–water partition coefficient (Wildman–Crippen LogP) is 5.69. The Morgan fingerprint density at radius 2 is 1.71 bits per heavy atom. The van der Waals surface area contributed by atoms with E-state index in [-0.39, 0.29) is 10.0 Å². The van der Waals surface area contributed by atoms with E-state index in [1.165, 1.54) is 11.3 Å². The number of thiazole rings is 1. The summed E-state index contributed by atoms with van der Waals surface area (Å²) in [6.45, 7) is 1.95. The second-order valence-electron chi connectivity index (χ2n) is 8.32. The smallest absolute Gasteiger partial charge is 0.267 e. The number of hydrogen-bond donors (Lipinski definition) is 1. The first-order chi connectivity index (χ1) is 18.4. The first-order valence-electron chi connectivity index (χ1n) is 11.9. The molecule has 5 aromatic rings. The van der Waals surface area contributed by atoms with E-state index in [0.717, 1.165) is 14.4 Å². The van der Waals surface area contributed by atoms with Crippen molar-refractivity contribution in [3.05, 3.63) is 84.9 Å². The van der Waals surface area contributed by atoms with Crippen LogP contribution >= 0.6 is 11.3 Å². The lowest BCUT2D eigenvalue weighted by molar-refractivity contribution is -0.114. The number of aromatic nitrogens is 1. The third-order valence-electron chi connectivity index (χ3n) is 5.85. The van der Waals surface area contributed by atoms with E-state index in [1.54, 1.807) is 73.8 Å². The van der Waals surface area contributed by atoms with Gasteiger partial charge in [0.05, 0.1) is 28.8 Å². The van der Waals surface area contributed by atoms with Gasteiger partial charge in [-0.2, -0.15) is 0 Å². The normalized spacial score (nSPS) is 11.4. The summed E-state index contributed by atoms with van der Waals surface area (Å²) in [5, 5.41) is 4.31. The summed E-state index contributed by atoms with van der Waals surface area (Å²) in [5.74, 6) is 0.801. The molecule has 0 saturated carbocycles.